The maximum Gasteiger partial charge on any atom is 0.127 e. The molecule has 0 fully saturated rings. The van der Waals surface area contributed by atoms with Crippen molar-refractivity contribution < 1.29 is 0 Å². The molecule has 0 spiro atoms. The fourth-order valence-electron chi connectivity index (χ4n) is 1.77. The molecule has 2 atom stereocenters. The zero-order chi connectivity index (χ0) is 11.6. The molecule has 4 heteroatoms. The molecule has 1 rings (SSSR count). The number of likely N-dealkylation sites (N-methyl/N-ethyl adjacent to an activating group) is 1. The normalized spacial score (nSPS) is 17.8. The van der Waals surface area contributed by atoms with E-state index < -0.39 is 0 Å². The minimum Gasteiger partial charge on any atom is -0.337 e. The minimum absolute atomic E-state index is 0.0564. The molecular weight excluding hydrogens is 188 g/mol. The molecule has 15 heavy (non-hydrogen) atoms. The van der Waals surface area contributed by atoms with E-state index in [1.54, 1.807) is 6.20 Å². The molecule has 0 amide bonds. The Balaban J connectivity index is 3.02. The lowest BCUT2D eigenvalue weighted by Crippen LogP contribution is -2.50. The summed E-state index contributed by atoms with van der Waals surface area (Å²) in [5.41, 5.74) is 6.25. The summed E-state index contributed by atoms with van der Waals surface area (Å²) < 4.78 is 1.99. The molecule has 1 heterocycles. The van der Waals surface area contributed by atoms with Crippen LogP contribution in [0.25, 0.3) is 0 Å². The lowest BCUT2D eigenvalue weighted by Gasteiger charge is -2.40. The second-order valence-corrected chi connectivity index (χ2v) is 4.48. The molecule has 0 aliphatic heterocycles. The van der Waals surface area contributed by atoms with Crippen LogP contribution in [0.15, 0.2) is 12.4 Å². The topological polar surface area (TPSA) is 47.1 Å². The smallest absolute Gasteiger partial charge is 0.127 e. The first-order chi connectivity index (χ1) is 6.93. The van der Waals surface area contributed by atoms with Gasteiger partial charge in [0.15, 0.2) is 0 Å². The highest BCUT2D eigenvalue weighted by atomic mass is 15.2. The Morgan fingerprint density at radius 3 is 2.53 bits per heavy atom. The van der Waals surface area contributed by atoms with Crippen LogP contribution in [0.4, 0.5) is 0 Å². The van der Waals surface area contributed by atoms with Crippen LogP contribution in [0.1, 0.15) is 32.1 Å². The predicted molar refractivity (Wildman–Crippen MR) is 62.5 cm³/mol. The van der Waals surface area contributed by atoms with Gasteiger partial charge in [-0.15, -0.1) is 0 Å². The minimum atomic E-state index is -0.0718. The molecular formula is C11H22N4. The van der Waals surface area contributed by atoms with Crippen molar-refractivity contribution in [1.82, 2.24) is 14.5 Å². The van der Waals surface area contributed by atoms with Crippen molar-refractivity contribution in [2.45, 2.75) is 31.8 Å². The summed E-state index contributed by atoms with van der Waals surface area (Å²) in [6.07, 6.45) is 4.72. The quantitative estimate of drug-likeness (QED) is 0.811. The summed E-state index contributed by atoms with van der Waals surface area (Å²) in [4.78, 5) is 6.50. The van der Waals surface area contributed by atoms with Crippen LogP contribution in [-0.4, -0.2) is 34.1 Å². The van der Waals surface area contributed by atoms with Gasteiger partial charge in [-0.3, -0.25) is 0 Å². The van der Waals surface area contributed by atoms with Crippen LogP contribution in [0.5, 0.6) is 0 Å². The highest BCUT2D eigenvalue weighted by Crippen LogP contribution is 2.29. The monoisotopic (exact) mass is 210 g/mol. The highest BCUT2D eigenvalue weighted by Gasteiger charge is 2.35. The molecule has 0 aliphatic carbocycles. The van der Waals surface area contributed by atoms with E-state index in [4.69, 9.17) is 5.73 Å². The zero-order valence-electron chi connectivity index (χ0n) is 10.4. The van der Waals surface area contributed by atoms with Crippen molar-refractivity contribution in [2.24, 2.45) is 12.8 Å². The molecule has 4 nitrogen and oxygen atoms in total. The third-order valence-corrected chi connectivity index (χ3v) is 3.54. The molecule has 2 N–H and O–H groups in total. The third kappa shape index (κ3) is 2.06. The van der Waals surface area contributed by atoms with Crippen LogP contribution < -0.4 is 5.73 Å². The van der Waals surface area contributed by atoms with E-state index in [1.165, 1.54) is 0 Å². The molecule has 1 aromatic heterocycles. The van der Waals surface area contributed by atoms with Crippen molar-refractivity contribution in [3.8, 4) is 0 Å². The maximum absolute atomic E-state index is 6.31. The van der Waals surface area contributed by atoms with Gasteiger partial charge in [-0.2, -0.15) is 0 Å². The van der Waals surface area contributed by atoms with Gasteiger partial charge in [0, 0.05) is 25.0 Å². The van der Waals surface area contributed by atoms with Gasteiger partial charge in [0.2, 0.25) is 0 Å². The number of hydrogen-bond donors (Lipinski definition) is 1. The Morgan fingerprint density at radius 2 is 2.20 bits per heavy atom. The van der Waals surface area contributed by atoms with Gasteiger partial charge in [0.05, 0.1) is 6.04 Å². The van der Waals surface area contributed by atoms with Gasteiger partial charge in [0.25, 0.3) is 0 Å². The zero-order valence-corrected chi connectivity index (χ0v) is 10.4. The SMILES string of the molecule is CCC(C)(C(N)c1nccn1C)N(C)C. The van der Waals surface area contributed by atoms with Gasteiger partial charge in [-0.05, 0) is 27.4 Å². The summed E-state index contributed by atoms with van der Waals surface area (Å²) >= 11 is 0. The van der Waals surface area contributed by atoms with Gasteiger partial charge < -0.3 is 15.2 Å². The van der Waals surface area contributed by atoms with Gasteiger partial charge >= 0.3 is 0 Å². The summed E-state index contributed by atoms with van der Waals surface area (Å²) in [5.74, 6) is 0.938. The molecule has 0 saturated carbocycles. The first-order valence-electron chi connectivity index (χ1n) is 5.33. The van der Waals surface area contributed by atoms with Crippen LogP contribution in [0.2, 0.25) is 0 Å². The molecule has 1 aromatic rings. The Kier molecular flexibility index (Phi) is 3.52. The van der Waals surface area contributed by atoms with E-state index in [9.17, 15) is 0 Å². The van der Waals surface area contributed by atoms with E-state index in [0.29, 0.717) is 0 Å². The van der Waals surface area contributed by atoms with E-state index in [-0.39, 0.29) is 11.6 Å². The van der Waals surface area contributed by atoms with E-state index in [0.717, 1.165) is 12.2 Å². The van der Waals surface area contributed by atoms with Crippen LogP contribution >= 0.6 is 0 Å². The van der Waals surface area contributed by atoms with Crippen LogP contribution in [0, 0.1) is 0 Å². The van der Waals surface area contributed by atoms with E-state index in [2.05, 4.69) is 37.8 Å². The summed E-state index contributed by atoms with van der Waals surface area (Å²) in [6.45, 7) is 4.33. The van der Waals surface area contributed by atoms with Crippen molar-refractivity contribution >= 4 is 0 Å². The fourth-order valence-corrected chi connectivity index (χ4v) is 1.77. The number of nitrogens with zero attached hydrogens (tertiary/aromatic N) is 3. The first kappa shape index (κ1) is 12.2. The Hall–Kier alpha value is -0.870. The number of aromatic nitrogens is 2. The number of rotatable bonds is 4. The highest BCUT2D eigenvalue weighted by molar-refractivity contribution is 5.07. The van der Waals surface area contributed by atoms with Crippen molar-refractivity contribution in [1.29, 1.82) is 0 Å². The van der Waals surface area contributed by atoms with E-state index in [1.807, 2.05) is 17.8 Å². The average Bonchev–Trinajstić information content (AvgIpc) is 2.61. The molecule has 0 saturated heterocycles. The Labute approximate surface area is 92.1 Å². The largest absolute Gasteiger partial charge is 0.337 e. The van der Waals surface area contributed by atoms with Gasteiger partial charge in [-0.25, -0.2) is 4.98 Å². The molecule has 0 radical (unpaired) electrons. The van der Waals surface area contributed by atoms with Crippen molar-refractivity contribution in [3.05, 3.63) is 18.2 Å². The summed E-state index contributed by atoms with van der Waals surface area (Å²) in [7, 11) is 6.10. The first-order valence-corrected chi connectivity index (χ1v) is 5.33. The van der Waals surface area contributed by atoms with Crippen molar-refractivity contribution in [2.75, 3.05) is 14.1 Å². The lowest BCUT2D eigenvalue weighted by molar-refractivity contribution is 0.127. The fraction of sp³-hybridized carbons (Fsp3) is 0.727. The summed E-state index contributed by atoms with van der Waals surface area (Å²) in [6, 6.07) is -0.0718. The number of hydrogen-bond acceptors (Lipinski definition) is 3. The van der Waals surface area contributed by atoms with Crippen molar-refractivity contribution in [3.63, 3.8) is 0 Å². The Bertz CT molecular complexity index is 318. The number of imidazole rings is 1. The maximum atomic E-state index is 6.31. The molecule has 86 valence electrons. The van der Waals surface area contributed by atoms with Gasteiger partial charge in [-0.1, -0.05) is 6.92 Å². The molecule has 0 bridgehead atoms. The average molecular weight is 210 g/mol. The Morgan fingerprint density at radius 1 is 1.60 bits per heavy atom. The second kappa shape index (κ2) is 4.33. The molecule has 2 unspecified atom stereocenters. The van der Waals surface area contributed by atoms with Gasteiger partial charge in [0.1, 0.15) is 5.82 Å². The van der Waals surface area contributed by atoms with Crippen LogP contribution in [-0.2, 0) is 7.05 Å². The predicted octanol–water partition coefficient (Wildman–Crippen LogP) is 1.15. The number of nitrogens with two attached hydrogens (primary N) is 1. The third-order valence-electron chi connectivity index (χ3n) is 3.54. The molecule has 0 aromatic carbocycles. The standard InChI is InChI=1S/C11H22N4/c1-6-11(2,14(3)4)9(12)10-13-7-8-15(10)5/h7-9H,6,12H2,1-5H3. The lowest BCUT2D eigenvalue weighted by atomic mass is 9.88. The van der Waals surface area contributed by atoms with Crippen LogP contribution in [0.3, 0.4) is 0 Å². The number of aryl methyl sites for hydroxylation is 1. The summed E-state index contributed by atoms with van der Waals surface area (Å²) in [5, 5.41) is 0. The van der Waals surface area contributed by atoms with E-state index >= 15 is 0 Å². The molecule has 0 aliphatic rings. The second-order valence-electron chi connectivity index (χ2n) is 4.48.